The van der Waals surface area contributed by atoms with Crippen molar-refractivity contribution in [3.63, 3.8) is 0 Å². The van der Waals surface area contributed by atoms with Crippen molar-refractivity contribution in [3.8, 4) is 0 Å². The number of nitrogens with one attached hydrogen (secondary N) is 2. The zero-order valence-electron chi connectivity index (χ0n) is 15.4. The molecule has 1 aromatic carbocycles. The van der Waals surface area contributed by atoms with Crippen LogP contribution in [-0.2, 0) is 0 Å². The predicted octanol–water partition coefficient (Wildman–Crippen LogP) is 4.81. The number of anilines is 1. The first-order valence-corrected chi connectivity index (χ1v) is 10.1. The van der Waals surface area contributed by atoms with Crippen LogP contribution >= 0.6 is 11.6 Å². The number of hydrogen-bond donors (Lipinski definition) is 2. The van der Waals surface area contributed by atoms with Crippen LogP contribution in [0.15, 0.2) is 18.2 Å². The fourth-order valence-corrected chi connectivity index (χ4v) is 4.27. The molecule has 2 aliphatic rings. The summed E-state index contributed by atoms with van der Waals surface area (Å²) in [6.45, 7) is 0. The van der Waals surface area contributed by atoms with E-state index in [2.05, 4.69) is 10.6 Å². The Bertz CT molecular complexity index is 652. The smallest absolute Gasteiger partial charge is 0.319 e. The van der Waals surface area contributed by atoms with E-state index in [-0.39, 0.29) is 18.0 Å². The van der Waals surface area contributed by atoms with E-state index in [9.17, 15) is 9.59 Å². The first-order valence-electron chi connectivity index (χ1n) is 9.69. The summed E-state index contributed by atoms with van der Waals surface area (Å²) in [4.78, 5) is 26.7. The van der Waals surface area contributed by atoms with Crippen LogP contribution < -0.4 is 10.6 Å². The van der Waals surface area contributed by atoms with Gasteiger partial charge in [-0.3, -0.25) is 4.79 Å². The van der Waals surface area contributed by atoms with Gasteiger partial charge >= 0.3 is 6.03 Å². The topological polar surface area (TPSA) is 61.4 Å². The van der Waals surface area contributed by atoms with E-state index >= 15 is 0 Å². The lowest BCUT2D eigenvalue weighted by Gasteiger charge is -2.31. The van der Waals surface area contributed by atoms with Crippen LogP contribution in [0.2, 0.25) is 5.02 Å². The molecule has 0 aliphatic heterocycles. The molecule has 5 nitrogen and oxygen atoms in total. The van der Waals surface area contributed by atoms with Crippen LogP contribution in [0.4, 0.5) is 10.5 Å². The maximum Gasteiger partial charge on any atom is 0.319 e. The van der Waals surface area contributed by atoms with E-state index in [1.54, 1.807) is 18.2 Å². The van der Waals surface area contributed by atoms with Crippen LogP contribution in [0.1, 0.15) is 68.1 Å². The van der Waals surface area contributed by atoms with Gasteiger partial charge in [-0.1, -0.05) is 43.7 Å². The third kappa shape index (κ3) is 4.70. The molecule has 1 aromatic rings. The van der Waals surface area contributed by atoms with E-state index in [1.165, 1.54) is 32.1 Å². The molecule has 2 aliphatic carbocycles. The number of hydrogen-bond acceptors (Lipinski definition) is 2. The highest BCUT2D eigenvalue weighted by Crippen LogP contribution is 2.26. The monoisotopic (exact) mass is 377 g/mol. The third-order valence-corrected chi connectivity index (χ3v) is 5.90. The Morgan fingerprint density at radius 3 is 2.35 bits per heavy atom. The van der Waals surface area contributed by atoms with Gasteiger partial charge in [0, 0.05) is 24.8 Å². The summed E-state index contributed by atoms with van der Waals surface area (Å²) in [5.41, 5.74) is 1.09. The molecule has 0 bridgehead atoms. The molecule has 2 N–H and O–H groups in total. The minimum Gasteiger partial charge on any atom is -0.339 e. The van der Waals surface area contributed by atoms with Gasteiger partial charge in [0.2, 0.25) is 0 Å². The summed E-state index contributed by atoms with van der Waals surface area (Å²) < 4.78 is 0. The Balaban J connectivity index is 1.61. The van der Waals surface area contributed by atoms with Crippen LogP contribution in [0.25, 0.3) is 0 Å². The van der Waals surface area contributed by atoms with Crippen molar-refractivity contribution < 1.29 is 9.59 Å². The maximum absolute atomic E-state index is 12.8. The fraction of sp³-hybridized carbons (Fsp3) is 0.600. The Morgan fingerprint density at radius 1 is 1.04 bits per heavy atom. The molecule has 142 valence electrons. The molecule has 26 heavy (non-hydrogen) atoms. The fourth-order valence-electron chi connectivity index (χ4n) is 4.01. The van der Waals surface area contributed by atoms with Crippen molar-refractivity contribution in [3.05, 3.63) is 28.8 Å². The lowest BCUT2D eigenvalue weighted by atomic mass is 9.94. The van der Waals surface area contributed by atoms with Crippen molar-refractivity contribution in [1.82, 2.24) is 10.2 Å². The highest BCUT2D eigenvalue weighted by atomic mass is 35.5. The molecular formula is C20H28ClN3O2. The first-order chi connectivity index (χ1) is 12.5. The quantitative estimate of drug-likeness (QED) is 0.790. The van der Waals surface area contributed by atoms with Crippen molar-refractivity contribution in [2.24, 2.45) is 0 Å². The third-order valence-electron chi connectivity index (χ3n) is 5.59. The second kappa shape index (κ2) is 8.76. The number of halogens is 1. The van der Waals surface area contributed by atoms with Gasteiger partial charge in [0.1, 0.15) is 0 Å². The van der Waals surface area contributed by atoms with Gasteiger partial charge in [0.15, 0.2) is 0 Å². The second-order valence-electron chi connectivity index (χ2n) is 7.48. The van der Waals surface area contributed by atoms with E-state index in [1.807, 2.05) is 11.9 Å². The number of carbonyl (C=O) groups excluding carboxylic acids is 2. The van der Waals surface area contributed by atoms with E-state index in [0.29, 0.717) is 22.3 Å². The number of nitrogens with zero attached hydrogens (tertiary/aromatic N) is 1. The maximum atomic E-state index is 12.8. The van der Waals surface area contributed by atoms with E-state index < -0.39 is 0 Å². The summed E-state index contributed by atoms with van der Waals surface area (Å²) in [5, 5.41) is 6.16. The number of carbonyl (C=O) groups is 2. The van der Waals surface area contributed by atoms with Crippen molar-refractivity contribution in [1.29, 1.82) is 0 Å². The van der Waals surface area contributed by atoms with Gasteiger partial charge in [-0.05, 0) is 43.9 Å². The minimum atomic E-state index is -0.216. The number of rotatable bonds is 4. The van der Waals surface area contributed by atoms with E-state index in [0.717, 1.165) is 25.7 Å². The summed E-state index contributed by atoms with van der Waals surface area (Å²) in [5.74, 6) is -0.0520. The number of amides is 3. The minimum absolute atomic E-state index is 0.0520. The lowest BCUT2D eigenvalue weighted by Crippen LogP contribution is -2.38. The van der Waals surface area contributed by atoms with Gasteiger partial charge < -0.3 is 15.5 Å². The highest BCUT2D eigenvalue weighted by Gasteiger charge is 2.24. The number of urea groups is 1. The zero-order chi connectivity index (χ0) is 18.5. The van der Waals surface area contributed by atoms with Gasteiger partial charge in [0.25, 0.3) is 5.91 Å². The molecular weight excluding hydrogens is 350 g/mol. The van der Waals surface area contributed by atoms with Gasteiger partial charge in [-0.15, -0.1) is 0 Å². The van der Waals surface area contributed by atoms with Gasteiger partial charge in [-0.25, -0.2) is 4.79 Å². The average molecular weight is 378 g/mol. The molecule has 3 amide bonds. The summed E-state index contributed by atoms with van der Waals surface area (Å²) in [6.07, 6.45) is 10.1. The SMILES string of the molecule is CN(C(=O)c1ccc(NC(=O)NC2CCCC2)cc1Cl)C1CCCCC1. The van der Waals surface area contributed by atoms with Crippen LogP contribution in [0.3, 0.4) is 0 Å². The van der Waals surface area contributed by atoms with Crippen LogP contribution in [-0.4, -0.2) is 36.0 Å². The standard InChI is InChI=1S/C20H28ClN3O2/c1-24(16-9-3-2-4-10-16)19(25)17-12-11-15(13-18(17)21)23-20(26)22-14-7-5-6-8-14/h11-14,16H,2-10H2,1H3,(H2,22,23,26). The van der Waals surface area contributed by atoms with Crippen LogP contribution in [0.5, 0.6) is 0 Å². The molecule has 3 rings (SSSR count). The van der Waals surface area contributed by atoms with Crippen LogP contribution in [0, 0.1) is 0 Å². The predicted molar refractivity (Wildman–Crippen MR) is 105 cm³/mol. The zero-order valence-corrected chi connectivity index (χ0v) is 16.1. The number of benzene rings is 1. The Hall–Kier alpha value is -1.75. The van der Waals surface area contributed by atoms with Crippen molar-refractivity contribution >= 4 is 29.2 Å². The molecule has 0 radical (unpaired) electrons. The molecule has 6 heteroatoms. The van der Waals surface area contributed by atoms with Gasteiger partial charge in [-0.2, -0.15) is 0 Å². The molecule has 0 atom stereocenters. The largest absolute Gasteiger partial charge is 0.339 e. The molecule has 2 saturated carbocycles. The second-order valence-corrected chi connectivity index (χ2v) is 7.89. The molecule has 0 heterocycles. The highest BCUT2D eigenvalue weighted by molar-refractivity contribution is 6.34. The summed E-state index contributed by atoms with van der Waals surface area (Å²) >= 11 is 6.34. The lowest BCUT2D eigenvalue weighted by molar-refractivity contribution is 0.0696. The Labute approximate surface area is 160 Å². The molecule has 0 unspecified atom stereocenters. The molecule has 0 saturated heterocycles. The normalized spacial score (nSPS) is 18.5. The van der Waals surface area contributed by atoms with Crippen molar-refractivity contribution in [2.45, 2.75) is 69.9 Å². The molecule has 0 spiro atoms. The van der Waals surface area contributed by atoms with Crippen molar-refractivity contribution in [2.75, 3.05) is 12.4 Å². The Morgan fingerprint density at radius 2 is 1.69 bits per heavy atom. The first kappa shape index (κ1) is 19.0. The summed E-state index contributed by atoms with van der Waals surface area (Å²) in [7, 11) is 1.86. The molecule has 0 aromatic heterocycles. The summed E-state index contributed by atoms with van der Waals surface area (Å²) in [6, 6.07) is 5.43. The Kier molecular flexibility index (Phi) is 6.41. The molecule has 2 fully saturated rings. The van der Waals surface area contributed by atoms with Gasteiger partial charge in [0.05, 0.1) is 10.6 Å². The van der Waals surface area contributed by atoms with E-state index in [4.69, 9.17) is 11.6 Å². The average Bonchev–Trinajstić information content (AvgIpc) is 3.14.